The minimum atomic E-state index is -0.142. The first-order valence-corrected chi connectivity index (χ1v) is 5.80. The number of aromatic nitrogens is 1. The third kappa shape index (κ3) is 3.99. The zero-order valence-corrected chi connectivity index (χ0v) is 10.3. The zero-order chi connectivity index (χ0) is 11.8. The van der Waals surface area contributed by atoms with Gasteiger partial charge in [0.25, 0.3) is 5.91 Å². The molecule has 0 aliphatic rings. The molecule has 0 aromatic carbocycles. The Morgan fingerprint density at radius 2 is 2.38 bits per heavy atom. The average Bonchev–Trinajstić information content (AvgIpc) is 2.29. The molecule has 0 atom stereocenters. The van der Waals surface area contributed by atoms with Crippen LogP contribution >= 0.6 is 15.9 Å². The SMILES string of the molecule is N#CCCCCNC(=O)c1cccnc1Br. The van der Waals surface area contributed by atoms with Crippen LogP contribution in [0.1, 0.15) is 29.6 Å². The van der Waals surface area contributed by atoms with Crippen molar-refractivity contribution in [1.29, 1.82) is 5.26 Å². The Kier molecular flexibility index (Phi) is 5.51. The lowest BCUT2D eigenvalue weighted by molar-refractivity contribution is 0.0952. The van der Waals surface area contributed by atoms with E-state index in [0.717, 1.165) is 12.8 Å². The Balaban J connectivity index is 2.36. The van der Waals surface area contributed by atoms with Crippen LogP contribution in [0.4, 0.5) is 0 Å². The Labute approximate surface area is 103 Å². The fraction of sp³-hybridized carbons (Fsp3) is 0.364. The number of unbranched alkanes of at least 4 members (excludes halogenated alkanes) is 2. The quantitative estimate of drug-likeness (QED) is 0.665. The van der Waals surface area contributed by atoms with Gasteiger partial charge in [0, 0.05) is 19.2 Å². The minimum absolute atomic E-state index is 0.142. The monoisotopic (exact) mass is 281 g/mol. The molecule has 1 aromatic heterocycles. The van der Waals surface area contributed by atoms with Crippen LogP contribution in [0, 0.1) is 11.3 Å². The van der Waals surface area contributed by atoms with Crippen molar-refractivity contribution in [2.24, 2.45) is 0 Å². The van der Waals surface area contributed by atoms with Gasteiger partial charge in [0.1, 0.15) is 4.60 Å². The third-order valence-corrected chi connectivity index (χ3v) is 2.64. The van der Waals surface area contributed by atoms with Gasteiger partial charge in [-0.25, -0.2) is 4.98 Å². The van der Waals surface area contributed by atoms with E-state index in [-0.39, 0.29) is 5.91 Å². The summed E-state index contributed by atoms with van der Waals surface area (Å²) >= 11 is 3.22. The molecule has 0 saturated carbocycles. The number of nitrogens with zero attached hydrogens (tertiary/aromatic N) is 2. The second-order valence-electron chi connectivity index (χ2n) is 3.21. The Morgan fingerprint density at radius 1 is 1.56 bits per heavy atom. The number of hydrogen-bond donors (Lipinski definition) is 1. The first-order valence-electron chi connectivity index (χ1n) is 5.01. The van der Waals surface area contributed by atoms with Crippen molar-refractivity contribution < 1.29 is 4.79 Å². The maximum Gasteiger partial charge on any atom is 0.254 e. The molecule has 0 aliphatic carbocycles. The first kappa shape index (κ1) is 12.7. The summed E-state index contributed by atoms with van der Waals surface area (Å²) in [5.41, 5.74) is 0.530. The third-order valence-electron chi connectivity index (χ3n) is 2.00. The molecule has 0 saturated heterocycles. The van der Waals surface area contributed by atoms with Crippen molar-refractivity contribution in [2.75, 3.05) is 6.54 Å². The fourth-order valence-corrected chi connectivity index (χ4v) is 1.61. The van der Waals surface area contributed by atoms with Crippen molar-refractivity contribution in [3.8, 4) is 6.07 Å². The second kappa shape index (κ2) is 6.96. The van der Waals surface area contributed by atoms with E-state index < -0.39 is 0 Å². The van der Waals surface area contributed by atoms with Crippen molar-refractivity contribution >= 4 is 21.8 Å². The van der Waals surface area contributed by atoms with Gasteiger partial charge in [-0.2, -0.15) is 5.26 Å². The molecule has 1 rings (SSSR count). The molecule has 1 N–H and O–H groups in total. The molecule has 4 nitrogen and oxygen atoms in total. The number of rotatable bonds is 5. The molecule has 1 amide bonds. The number of carbonyl (C=O) groups excluding carboxylic acids is 1. The standard InChI is InChI=1S/C11H12BrN3O/c12-10-9(5-4-8-14-10)11(16)15-7-3-1-2-6-13/h4-5,8H,1-3,7H2,(H,15,16). The highest BCUT2D eigenvalue weighted by Gasteiger charge is 2.08. The van der Waals surface area contributed by atoms with Gasteiger partial charge in [0.2, 0.25) is 0 Å². The minimum Gasteiger partial charge on any atom is -0.352 e. The molecular weight excluding hydrogens is 270 g/mol. The van der Waals surface area contributed by atoms with Crippen molar-refractivity contribution in [3.05, 3.63) is 28.5 Å². The van der Waals surface area contributed by atoms with Crippen LogP contribution in [-0.2, 0) is 0 Å². The molecule has 0 spiro atoms. The van der Waals surface area contributed by atoms with Crippen LogP contribution < -0.4 is 5.32 Å². The summed E-state index contributed by atoms with van der Waals surface area (Å²) in [5, 5.41) is 11.1. The van der Waals surface area contributed by atoms with E-state index >= 15 is 0 Å². The van der Waals surface area contributed by atoms with E-state index in [4.69, 9.17) is 5.26 Å². The lowest BCUT2D eigenvalue weighted by Gasteiger charge is -2.05. The van der Waals surface area contributed by atoms with Crippen LogP contribution in [0.3, 0.4) is 0 Å². The number of amides is 1. The summed E-state index contributed by atoms with van der Waals surface area (Å²) < 4.78 is 0.546. The number of nitriles is 1. The first-order chi connectivity index (χ1) is 7.75. The maximum absolute atomic E-state index is 11.7. The normalized spacial score (nSPS) is 9.50. The van der Waals surface area contributed by atoms with E-state index in [9.17, 15) is 4.79 Å². The van der Waals surface area contributed by atoms with Crippen molar-refractivity contribution in [2.45, 2.75) is 19.3 Å². The molecule has 1 aromatic rings. The van der Waals surface area contributed by atoms with Crippen molar-refractivity contribution in [3.63, 3.8) is 0 Å². The van der Waals surface area contributed by atoms with Gasteiger partial charge in [-0.3, -0.25) is 4.79 Å². The maximum atomic E-state index is 11.7. The summed E-state index contributed by atoms with van der Waals surface area (Å²) in [7, 11) is 0. The number of halogens is 1. The van der Waals surface area contributed by atoms with E-state index in [1.807, 2.05) is 0 Å². The van der Waals surface area contributed by atoms with Gasteiger partial charge in [-0.1, -0.05) is 0 Å². The van der Waals surface area contributed by atoms with Gasteiger partial charge in [-0.15, -0.1) is 0 Å². The highest BCUT2D eigenvalue weighted by molar-refractivity contribution is 9.10. The highest BCUT2D eigenvalue weighted by Crippen LogP contribution is 2.11. The highest BCUT2D eigenvalue weighted by atomic mass is 79.9. The molecule has 1 heterocycles. The lowest BCUT2D eigenvalue weighted by atomic mass is 10.2. The van der Waals surface area contributed by atoms with Crippen LogP contribution in [0.25, 0.3) is 0 Å². The van der Waals surface area contributed by atoms with Gasteiger partial charge in [-0.05, 0) is 40.9 Å². The second-order valence-corrected chi connectivity index (χ2v) is 3.96. The zero-order valence-electron chi connectivity index (χ0n) is 8.74. The molecule has 0 radical (unpaired) electrons. The molecule has 0 unspecified atom stereocenters. The summed E-state index contributed by atoms with van der Waals surface area (Å²) in [6, 6.07) is 5.49. The Hall–Kier alpha value is -1.41. The topological polar surface area (TPSA) is 65.8 Å². The molecule has 0 bridgehead atoms. The van der Waals surface area contributed by atoms with Crippen LogP contribution in [0.2, 0.25) is 0 Å². The molecule has 0 fully saturated rings. The number of carbonyl (C=O) groups is 1. The van der Waals surface area contributed by atoms with E-state index in [2.05, 4.69) is 32.3 Å². The van der Waals surface area contributed by atoms with Crippen LogP contribution in [0.15, 0.2) is 22.9 Å². The molecule has 5 heteroatoms. The van der Waals surface area contributed by atoms with Gasteiger partial charge in [0.05, 0.1) is 11.6 Å². The van der Waals surface area contributed by atoms with Gasteiger partial charge >= 0.3 is 0 Å². The summed E-state index contributed by atoms with van der Waals surface area (Å²) in [6.07, 6.45) is 3.78. The largest absolute Gasteiger partial charge is 0.352 e. The molecule has 16 heavy (non-hydrogen) atoms. The fourth-order valence-electron chi connectivity index (χ4n) is 1.18. The van der Waals surface area contributed by atoms with E-state index in [1.54, 1.807) is 18.3 Å². The predicted molar refractivity (Wildman–Crippen MR) is 63.7 cm³/mol. The van der Waals surface area contributed by atoms with E-state index in [0.29, 0.717) is 23.1 Å². The molecule has 84 valence electrons. The van der Waals surface area contributed by atoms with Crippen LogP contribution in [-0.4, -0.2) is 17.4 Å². The number of hydrogen-bond acceptors (Lipinski definition) is 3. The lowest BCUT2D eigenvalue weighted by Crippen LogP contribution is -2.24. The predicted octanol–water partition coefficient (Wildman–Crippen LogP) is 2.27. The van der Waals surface area contributed by atoms with Crippen LogP contribution in [0.5, 0.6) is 0 Å². The number of pyridine rings is 1. The summed E-state index contributed by atoms with van der Waals surface area (Å²) in [6.45, 7) is 0.585. The average molecular weight is 282 g/mol. The molecular formula is C11H12BrN3O. The number of nitrogens with one attached hydrogen (secondary N) is 1. The van der Waals surface area contributed by atoms with Gasteiger partial charge in [0.15, 0.2) is 0 Å². The Morgan fingerprint density at radius 3 is 3.06 bits per heavy atom. The van der Waals surface area contributed by atoms with Gasteiger partial charge < -0.3 is 5.32 Å². The summed E-state index contributed by atoms with van der Waals surface area (Å²) in [4.78, 5) is 15.6. The molecule has 0 aliphatic heterocycles. The van der Waals surface area contributed by atoms with E-state index in [1.165, 1.54) is 0 Å². The summed E-state index contributed by atoms with van der Waals surface area (Å²) in [5.74, 6) is -0.142. The Bertz CT molecular complexity index is 400. The smallest absolute Gasteiger partial charge is 0.254 e. The van der Waals surface area contributed by atoms with Crippen molar-refractivity contribution in [1.82, 2.24) is 10.3 Å².